The summed E-state index contributed by atoms with van der Waals surface area (Å²) in [5, 5.41) is 4.16. The van der Waals surface area contributed by atoms with E-state index in [1.807, 2.05) is 38.1 Å². The maximum atomic E-state index is 13.1. The van der Waals surface area contributed by atoms with Crippen LogP contribution in [-0.4, -0.2) is 37.0 Å². The molecule has 2 aliphatic heterocycles. The van der Waals surface area contributed by atoms with Crippen LogP contribution in [0.1, 0.15) is 32.3 Å². The summed E-state index contributed by atoms with van der Waals surface area (Å²) in [6.45, 7) is 7.94. The van der Waals surface area contributed by atoms with Crippen molar-refractivity contribution in [1.29, 1.82) is 0 Å². The number of nitrogens with one attached hydrogen (secondary N) is 1. The van der Waals surface area contributed by atoms with E-state index >= 15 is 0 Å². The van der Waals surface area contributed by atoms with Crippen LogP contribution in [0.5, 0.6) is 0 Å². The van der Waals surface area contributed by atoms with Crippen molar-refractivity contribution in [2.45, 2.75) is 32.1 Å². The zero-order chi connectivity index (χ0) is 15.7. The molecular formula is C18H26Cl2N2O. The van der Waals surface area contributed by atoms with Gasteiger partial charge in [0.2, 0.25) is 5.91 Å². The molecule has 3 nitrogen and oxygen atoms in total. The molecule has 128 valence electrons. The van der Waals surface area contributed by atoms with Gasteiger partial charge in [0.15, 0.2) is 0 Å². The van der Waals surface area contributed by atoms with E-state index < -0.39 is 5.41 Å². The third kappa shape index (κ3) is 3.67. The Balaban J connectivity index is 0.00000192. The van der Waals surface area contributed by atoms with Crippen molar-refractivity contribution in [1.82, 2.24) is 10.2 Å². The number of hydrogen-bond donors (Lipinski definition) is 1. The molecule has 2 heterocycles. The number of carbonyl (C=O) groups excluding carboxylic acids is 1. The molecule has 0 radical (unpaired) electrons. The number of hydrogen-bond acceptors (Lipinski definition) is 2. The summed E-state index contributed by atoms with van der Waals surface area (Å²) < 4.78 is 0. The molecule has 2 aliphatic rings. The van der Waals surface area contributed by atoms with Crippen LogP contribution in [-0.2, 0) is 10.2 Å². The number of fused-ring (bicyclic) bond motifs is 1. The normalized spacial score (nSPS) is 24.6. The molecule has 1 amide bonds. The zero-order valence-corrected chi connectivity index (χ0v) is 15.4. The Hall–Kier alpha value is -0.770. The maximum absolute atomic E-state index is 13.1. The molecule has 0 spiro atoms. The fourth-order valence-electron chi connectivity index (χ4n) is 3.90. The molecule has 1 aromatic rings. The molecule has 23 heavy (non-hydrogen) atoms. The molecule has 0 bridgehead atoms. The predicted octanol–water partition coefficient (Wildman–Crippen LogP) is 3.50. The minimum Gasteiger partial charge on any atom is -0.342 e. The molecule has 0 aliphatic carbocycles. The second-order valence-corrected chi connectivity index (χ2v) is 7.56. The fourth-order valence-corrected chi connectivity index (χ4v) is 4.27. The summed E-state index contributed by atoms with van der Waals surface area (Å²) in [7, 11) is 0. The minimum absolute atomic E-state index is 0. The Morgan fingerprint density at radius 3 is 2.30 bits per heavy atom. The van der Waals surface area contributed by atoms with Gasteiger partial charge in [0.25, 0.3) is 0 Å². The zero-order valence-electron chi connectivity index (χ0n) is 13.8. The topological polar surface area (TPSA) is 32.3 Å². The van der Waals surface area contributed by atoms with Gasteiger partial charge in [0.05, 0.1) is 5.41 Å². The van der Waals surface area contributed by atoms with Crippen LogP contribution in [0.2, 0.25) is 5.02 Å². The summed E-state index contributed by atoms with van der Waals surface area (Å²) in [5.41, 5.74) is 0.350. The highest BCUT2D eigenvalue weighted by Crippen LogP contribution is 2.33. The SMILES string of the molecule is CC(C)(C(=O)N1CC[C@@H]2CNC[C@@H]2CC1)c1ccccc1Cl.Cl. The number of rotatable bonds is 2. The van der Waals surface area contributed by atoms with E-state index in [9.17, 15) is 4.79 Å². The third-order valence-electron chi connectivity index (χ3n) is 5.39. The Morgan fingerprint density at radius 1 is 1.17 bits per heavy atom. The van der Waals surface area contributed by atoms with Crippen LogP contribution in [0.25, 0.3) is 0 Å². The van der Waals surface area contributed by atoms with Gasteiger partial charge in [-0.05, 0) is 63.2 Å². The van der Waals surface area contributed by atoms with Crippen LogP contribution in [0, 0.1) is 11.8 Å². The molecular weight excluding hydrogens is 331 g/mol. The van der Waals surface area contributed by atoms with Crippen LogP contribution >= 0.6 is 24.0 Å². The first-order valence-electron chi connectivity index (χ1n) is 8.25. The first-order valence-corrected chi connectivity index (χ1v) is 8.63. The van der Waals surface area contributed by atoms with E-state index in [0.717, 1.165) is 56.4 Å². The van der Waals surface area contributed by atoms with Gasteiger partial charge in [-0.15, -0.1) is 12.4 Å². The second kappa shape index (κ2) is 7.42. The molecule has 0 unspecified atom stereocenters. The van der Waals surface area contributed by atoms with Crippen molar-refractivity contribution in [2.75, 3.05) is 26.2 Å². The van der Waals surface area contributed by atoms with Gasteiger partial charge in [0, 0.05) is 18.1 Å². The monoisotopic (exact) mass is 356 g/mol. The Morgan fingerprint density at radius 2 is 1.74 bits per heavy atom. The van der Waals surface area contributed by atoms with Gasteiger partial charge >= 0.3 is 0 Å². The predicted molar refractivity (Wildman–Crippen MR) is 97.4 cm³/mol. The summed E-state index contributed by atoms with van der Waals surface area (Å²) in [5.74, 6) is 1.68. The van der Waals surface area contributed by atoms with Crippen LogP contribution in [0.4, 0.5) is 0 Å². The molecule has 1 aromatic carbocycles. The Labute approximate surface area is 150 Å². The first kappa shape index (κ1) is 18.6. The second-order valence-electron chi connectivity index (χ2n) is 7.15. The lowest BCUT2D eigenvalue weighted by Gasteiger charge is -2.32. The molecule has 2 atom stereocenters. The van der Waals surface area contributed by atoms with E-state index in [1.165, 1.54) is 0 Å². The summed E-state index contributed by atoms with van der Waals surface area (Å²) in [6, 6.07) is 7.70. The maximum Gasteiger partial charge on any atom is 0.232 e. The van der Waals surface area contributed by atoms with Crippen molar-refractivity contribution < 1.29 is 4.79 Å². The highest BCUT2D eigenvalue weighted by molar-refractivity contribution is 6.31. The largest absolute Gasteiger partial charge is 0.342 e. The molecule has 2 fully saturated rings. The number of likely N-dealkylation sites (tertiary alicyclic amines) is 1. The van der Waals surface area contributed by atoms with Gasteiger partial charge in [0.1, 0.15) is 0 Å². The Kier molecular flexibility index (Phi) is 5.99. The van der Waals surface area contributed by atoms with Crippen molar-refractivity contribution in [3.63, 3.8) is 0 Å². The molecule has 0 saturated carbocycles. The lowest BCUT2D eigenvalue weighted by atomic mass is 9.83. The van der Waals surface area contributed by atoms with E-state index in [1.54, 1.807) is 0 Å². The van der Waals surface area contributed by atoms with Crippen LogP contribution in [0.3, 0.4) is 0 Å². The fraction of sp³-hybridized carbons (Fsp3) is 0.611. The van der Waals surface area contributed by atoms with Crippen molar-refractivity contribution in [3.8, 4) is 0 Å². The highest BCUT2D eigenvalue weighted by atomic mass is 35.5. The number of halogens is 2. The van der Waals surface area contributed by atoms with Gasteiger partial charge in [-0.3, -0.25) is 4.79 Å². The summed E-state index contributed by atoms with van der Waals surface area (Å²) in [4.78, 5) is 15.2. The molecule has 5 heteroatoms. The average molecular weight is 357 g/mol. The van der Waals surface area contributed by atoms with Gasteiger partial charge in [-0.1, -0.05) is 29.8 Å². The minimum atomic E-state index is -0.573. The highest BCUT2D eigenvalue weighted by Gasteiger charge is 2.38. The van der Waals surface area contributed by atoms with Crippen LogP contribution in [0.15, 0.2) is 24.3 Å². The van der Waals surface area contributed by atoms with Gasteiger partial charge < -0.3 is 10.2 Å². The third-order valence-corrected chi connectivity index (χ3v) is 5.72. The van der Waals surface area contributed by atoms with E-state index in [-0.39, 0.29) is 18.3 Å². The smallest absolute Gasteiger partial charge is 0.232 e. The number of amides is 1. The van der Waals surface area contributed by atoms with Crippen LogP contribution < -0.4 is 5.32 Å². The van der Waals surface area contributed by atoms with Gasteiger partial charge in [-0.2, -0.15) is 0 Å². The molecule has 0 aromatic heterocycles. The van der Waals surface area contributed by atoms with Crippen molar-refractivity contribution in [3.05, 3.63) is 34.9 Å². The quantitative estimate of drug-likeness (QED) is 0.879. The molecule has 3 rings (SSSR count). The number of nitrogens with zero attached hydrogens (tertiary/aromatic N) is 1. The first-order chi connectivity index (χ1) is 10.5. The average Bonchev–Trinajstić information content (AvgIpc) is 2.86. The lowest BCUT2D eigenvalue weighted by Crippen LogP contribution is -2.44. The standard InChI is InChI=1S/C18H25ClN2O.ClH/c1-18(2,15-5-3-4-6-16(15)19)17(22)21-9-7-13-11-20-12-14(13)8-10-21;/h3-6,13-14,20H,7-12H2,1-2H3;1H/t13-,14+;. The van der Waals surface area contributed by atoms with Crippen molar-refractivity contribution in [2.24, 2.45) is 11.8 Å². The number of benzene rings is 1. The van der Waals surface area contributed by atoms with Crippen molar-refractivity contribution >= 4 is 29.9 Å². The lowest BCUT2D eigenvalue weighted by molar-refractivity contribution is -0.136. The van der Waals surface area contributed by atoms with E-state index in [0.29, 0.717) is 5.02 Å². The Bertz CT molecular complexity index is 548. The molecule has 1 N–H and O–H groups in total. The van der Waals surface area contributed by atoms with E-state index in [4.69, 9.17) is 11.6 Å². The molecule has 2 saturated heterocycles. The van der Waals surface area contributed by atoms with Gasteiger partial charge in [-0.25, -0.2) is 0 Å². The summed E-state index contributed by atoms with van der Waals surface area (Å²) >= 11 is 6.32. The summed E-state index contributed by atoms with van der Waals surface area (Å²) in [6.07, 6.45) is 2.23. The number of carbonyl (C=O) groups is 1. The van der Waals surface area contributed by atoms with E-state index in [2.05, 4.69) is 10.2 Å².